The third kappa shape index (κ3) is 2.40. The van der Waals surface area contributed by atoms with E-state index in [9.17, 15) is 4.79 Å². The van der Waals surface area contributed by atoms with Crippen LogP contribution in [0.2, 0.25) is 0 Å². The highest BCUT2D eigenvalue weighted by atomic mass is 16.2. The highest BCUT2D eigenvalue weighted by Gasteiger charge is 2.46. The molecule has 2 saturated heterocycles. The quantitative estimate of drug-likeness (QED) is 0.829. The Morgan fingerprint density at radius 3 is 2.58 bits per heavy atom. The molecule has 0 radical (unpaired) electrons. The minimum absolute atomic E-state index is 0.0261. The van der Waals surface area contributed by atoms with E-state index in [1.165, 1.54) is 12.8 Å². The Labute approximate surface area is 116 Å². The summed E-state index contributed by atoms with van der Waals surface area (Å²) in [6.07, 6.45) is 5.69. The highest BCUT2D eigenvalue weighted by Crippen LogP contribution is 2.45. The van der Waals surface area contributed by atoms with Gasteiger partial charge in [0.15, 0.2) is 0 Å². The van der Waals surface area contributed by atoms with E-state index in [2.05, 4.69) is 22.0 Å². The predicted octanol–water partition coefficient (Wildman–Crippen LogP) is 1.07. The summed E-state index contributed by atoms with van der Waals surface area (Å²) in [5, 5.41) is 3.40. The zero-order chi connectivity index (χ0) is 13.3. The molecule has 19 heavy (non-hydrogen) atoms. The summed E-state index contributed by atoms with van der Waals surface area (Å²) < 4.78 is 0. The number of carbonyl (C=O) groups is 1. The zero-order valence-electron chi connectivity index (χ0n) is 12.2. The number of nitrogens with zero attached hydrogens (tertiary/aromatic N) is 2. The van der Waals surface area contributed by atoms with Crippen molar-refractivity contribution in [2.45, 2.75) is 45.1 Å². The summed E-state index contributed by atoms with van der Waals surface area (Å²) in [7, 11) is 0. The van der Waals surface area contributed by atoms with Gasteiger partial charge in [0.05, 0.1) is 0 Å². The average molecular weight is 265 g/mol. The lowest BCUT2D eigenvalue weighted by atomic mass is 9.66. The van der Waals surface area contributed by atoms with Crippen LogP contribution in [0.3, 0.4) is 0 Å². The van der Waals surface area contributed by atoms with E-state index in [0.717, 1.165) is 58.5 Å². The molecule has 1 N–H and O–H groups in total. The molecule has 108 valence electrons. The Hall–Kier alpha value is -0.610. The molecule has 1 unspecified atom stereocenters. The van der Waals surface area contributed by atoms with E-state index >= 15 is 0 Å². The molecule has 1 aliphatic carbocycles. The van der Waals surface area contributed by atoms with Crippen LogP contribution in [0.4, 0.5) is 0 Å². The van der Waals surface area contributed by atoms with Gasteiger partial charge in [0, 0.05) is 50.7 Å². The first-order chi connectivity index (χ1) is 9.25. The van der Waals surface area contributed by atoms with Gasteiger partial charge in [-0.15, -0.1) is 0 Å². The largest absolute Gasteiger partial charge is 0.341 e. The predicted molar refractivity (Wildman–Crippen MR) is 76.0 cm³/mol. The molecule has 3 aliphatic rings. The molecular weight excluding hydrogens is 238 g/mol. The van der Waals surface area contributed by atoms with Gasteiger partial charge in [0.1, 0.15) is 0 Å². The maximum absolute atomic E-state index is 12.7. The topological polar surface area (TPSA) is 35.6 Å². The normalized spacial score (nSPS) is 31.2. The lowest BCUT2D eigenvalue weighted by Gasteiger charge is -2.42. The van der Waals surface area contributed by atoms with E-state index in [1.807, 2.05) is 0 Å². The number of hydrogen-bond acceptors (Lipinski definition) is 3. The maximum Gasteiger partial charge on any atom is 0.228 e. The third-order valence-corrected chi connectivity index (χ3v) is 5.56. The van der Waals surface area contributed by atoms with Crippen molar-refractivity contribution in [2.75, 3.05) is 39.3 Å². The fourth-order valence-electron chi connectivity index (χ4n) is 3.93. The zero-order valence-corrected chi connectivity index (χ0v) is 12.2. The van der Waals surface area contributed by atoms with Crippen molar-refractivity contribution < 1.29 is 4.79 Å². The summed E-state index contributed by atoms with van der Waals surface area (Å²) in [5.41, 5.74) is 0.0261. The first kappa shape index (κ1) is 13.4. The number of amides is 1. The molecule has 4 heteroatoms. The van der Waals surface area contributed by atoms with Gasteiger partial charge < -0.3 is 10.2 Å². The van der Waals surface area contributed by atoms with Crippen molar-refractivity contribution in [2.24, 2.45) is 5.41 Å². The first-order valence-corrected chi connectivity index (χ1v) is 7.99. The van der Waals surface area contributed by atoms with Gasteiger partial charge in [-0.05, 0) is 25.7 Å². The van der Waals surface area contributed by atoms with Crippen LogP contribution in [-0.2, 0) is 4.79 Å². The first-order valence-electron chi connectivity index (χ1n) is 7.99. The van der Waals surface area contributed by atoms with Crippen LogP contribution in [0, 0.1) is 5.41 Å². The van der Waals surface area contributed by atoms with Crippen molar-refractivity contribution in [3.8, 4) is 0 Å². The van der Waals surface area contributed by atoms with Crippen molar-refractivity contribution in [1.29, 1.82) is 0 Å². The highest BCUT2D eigenvalue weighted by molar-refractivity contribution is 5.83. The molecule has 0 bridgehead atoms. The van der Waals surface area contributed by atoms with Gasteiger partial charge in [0.25, 0.3) is 0 Å². The monoisotopic (exact) mass is 265 g/mol. The number of carbonyl (C=O) groups excluding carboxylic acids is 1. The summed E-state index contributed by atoms with van der Waals surface area (Å²) in [6.45, 7) is 8.63. The van der Waals surface area contributed by atoms with E-state index in [-0.39, 0.29) is 5.41 Å². The average Bonchev–Trinajstić information content (AvgIpc) is 2.88. The molecule has 1 saturated carbocycles. The Morgan fingerprint density at radius 2 is 2.00 bits per heavy atom. The second-order valence-electron chi connectivity index (χ2n) is 6.47. The van der Waals surface area contributed by atoms with Crippen LogP contribution in [0.5, 0.6) is 0 Å². The molecule has 2 aliphatic heterocycles. The summed E-state index contributed by atoms with van der Waals surface area (Å²) >= 11 is 0. The fourth-order valence-corrected chi connectivity index (χ4v) is 3.93. The molecule has 1 amide bonds. The molecule has 1 atom stereocenters. The summed E-state index contributed by atoms with van der Waals surface area (Å²) in [5.74, 6) is 0.457. The molecule has 0 aromatic carbocycles. The van der Waals surface area contributed by atoms with Gasteiger partial charge in [-0.2, -0.15) is 0 Å². The summed E-state index contributed by atoms with van der Waals surface area (Å²) in [4.78, 5) is 17.4. The third-order valence-electron chi connectivity index (χ3n) is 5.56. The lowest BCUT2D eigenvalue weighted by molar-refractivity contribution is -0.146. The molecule has 3 rings (SSSR count). The minimum atomic E-state index is 0.0261. The van der Waals surface area contributed by atoms with Gasteiger partial charge in [-0.3, -0.25) is 9.69 Å². The Morgan fingerprint density at radius 1 is 1.26 bits per heavy atom. The van der Waals surface area contributed by atoms with Crippen LogP contribution in [-0.4, -0.2) is 61.0 Å². The SMILES string of the molecule is CCC1(C(=O)N2CCC(N3CCNCC3)C2)CCC1. The van der Waals surface area contributed by atoms with Gasteiger partial charge in [0.2, 0.25) is 5.91 Å². The Balaban J connectivity index is 1.57. The van der Waals surface area contributed by atoms with Crippen molar-refractivity contribution in [3.63, 3.8) is 0 Å². The van der Waals surface area contributed by atoms with Gasteiger partial charge in [-0.25, -0.2) is 0 Å². The number of likely N-dealkylation sites (tertiary alicyclic amines) is 1. The van der Waals surface area contributed by atoms with Gasteiger partial charge >= 0.3 is 0 Å². The molecule has 4 nitrogen and oxygen atoms in total. The molecule has 0 aromatic heterocycles. The van der Waals surface area contributed by atoms with Crippen LogP contribution in [0.1, 0.15) is 39.0 Å². The van der Waals surface area contributed by atoms with Crippen molar-refractivity contribution >= 4 is 5.91 Å². The van der Waals surface area contributed by atoms with Crippen molar-refractivity contribution in [1.82, 2.24) is 15.1 Å². The molecule has 0 aromatic rings. The van der Waals surface area contributed by atoms with Crippen LogP contribution >= 0.6 is 0 Å². The number of nitrogens with one attached hydrogen (secondary N) is 1. The van der Waals surface area contributed by atoms with Gasteiger partial charge in [-0.1, -0.05) is 13.3 Å². The smallest absolute Gasteiger partial charge is 0.228 e. The maximum atomic E-state index is 12.7. The molecule has 0 spiro atoms. The standard InChI is InChI=1S/C15H27N3O/c1-2-15(5-3-6-15)14(19)18-9-4-13(12-18)17-10-7-16-8-11-17/h13,16H,2-12H2,1H3. The van der Waals surface area contributed by atoms with E-state index in [1.54, 1.807) is 0 Å². The second kappa shape index (κ2) is 5.41. The van der Waals surface area contributed by atoms with Crippen LogP contribution < -0.4 is 5.32 Å². The summed E-state index contributed by atoms with van der Waals surface area (Å²) in [6, 6.07) is 0.611. The van der Waals surface area contributed by atoms with E-state index in [4.69, 9.17) is 0 Å². The molecule has 2 heterocycles. The number of piperazine rings is 1. The number of hydrogen-bond donors (Lipinski definition) is 1. The molecule has 3 fully saturated rings. The minimum Gasteiger partial charge on any atom is -0.341 e. The van der Waals surface area contributed by atoms with Crippen molar-refractivity contribution in [3.05, 3.63) is 0 Å². The van der Waals surface area contributed by atoms with Crippen LogP contribution in [0.15, 0.2) is 0 Å². The Bertz CT molecular complexity index is 329. The second-order valence-corrected chi connectivity index (χ2v) is 6.47. The van der Waals surface area contributed by atoms with Crippen LogP contribution in [0.25, 0.3) is 0 Å². The fraction of sp³-hybridized carbons (Fsp3) is 0.933. The molecular formula is C15H27N3O. The Kier molecular flexibility index (Phi) is 3.81. The number of rotatable bonds is 3. The van der Waals surface area contributed by atoms with E-state index in [0.29, 0.717) is 11.9 Å². The van der Waals surface area contributed by atoms with E-state index < -0.39 is 0 Å². The lowest BCUT2D eigenvalue weighted by Crippen LogP contribution is -2.51.